The van der Waals surface area contributed by atoms with Crippen molar-refractivity contribution in [2.45, 2.75) is 124 Å². The molecule has 3 N–H and O–H groups in total. The van der Waals surface area contributed by atoms with Gasteiger partial charge in [0.1, 0.15) is 16.8 Å². The number of carbonyl (C=O) groups excluding carboxylic acids is 3. The first-order valence-electron chi connectivity index (χ1n) is 14.6. The molecule has 2 aliphatic rings. The molecule has 2 atom stereocenters. The van der Waals surface area contributed by atoms with Crippen LogP contribution in [0, 0.1) is 0 Å². The summed E-state index contributed by atoms with van der Waals surface area (Å²) in [5.41, 5.74) is 9.27. The molecule has 2 aromatic carbocycles. The van der Waals surface area contributed by atoms with Gasteiger partial charge in [-0.15, -0.1) is 0 Å². The fraction of sp³-hybridized carbons (Fsp3) is 0.559. The topological polar surface area (TPSA) is 126 Å². The number of hydrogen-bond donors (Lipinski definition) is 2. The maximum Gasteiger partial charge on any atom is 0.519 e. The number of aryl methyl sites for hydroxylation is 2. The first-order chi connectivity index (χ1) is 20.1. The van der Waals surface area contributed by atoms with Gasteiger partial charge in [-0.25, -0.2) is 14.4 Å². The summed E-state index contributed by atoms with van der Waals surface area (Å²) in [6, 6.07) is 12.9. The van der Waals surface area contributed by atoms with E-state index in [2.05, 4.69) is 72.2 Å². The third kappa shape index (κ3) is 15.5. The Morgan fingerprint density at radius 2 is 1.13 bits per heavy atom. The molecule has 0 saturated heterocycles. The number of nitrogens with two attached hydrogens (primary N) is 1. The molecular formula is C34H50Br2N2O7. The van der Waals surface area contributed by atoms with E-state index in [1.54, 1.807) is 41.5 Å². The third-order valence-electron chi connectivity index (χ3n) is 6.05. The number of benzene rings is 2. The first-order valence-corrected chi connectivity index (χ1v) is 16.2. The lowest BCUT2D eigenvalue weighted by atomic mass is 10.1. The minimum Gasteiger partial charge on any atom is -0.444 e. The van der Waals surface area contributed by atoms with Crippen molar-refractivity contribution in [1.29, 1.82) is 0 Å². The normalized spacial score (nSPS) is 16.6. The molecule has 9 nitrogen and oxygen atoms in total. The van der Waals surface area contributed by atoms with Gasteiger partial charge in [-0.1, -0.05) is 51.4 Å². The molecule has 0 saturated carbocycles. The van der Waals surface area contributed by atoms with Gasteiger partial charge in [0.15, 0.2) is 0 Å². The van der Waals surface area contributed by atoms with Crippen LogP contribution in [-0.4, -0.2) is 35.2 Å². The fourth-order valence-electron chi connectivity index (χ4n) is 4.41. The average Bonchev–Trinajstić information content (AvgIpc) is 3.38. The molecule has 0 aromatic heterocycles. The van der Waals surface area contributed by atoms with Crippen LogP contribution in [0.15, 0.2) is 45.3 Å². The quantitative estimate of drug-likeness (QED) is 0.167. The van der Waals surface area contributed by atoms with Gasteiger partial charge in [0, 0.05) is 15.0 Å². The van der Waals surface area contributed by atoms with Gasteiger partial charge in [-0.05, 0) is 135 Å². The van der Waals surface area contributed by atoms with E-state index in [9.17, 15) is 14.4 Å². The maximum atomic E-state index is 11.7. The molecule has 0 heterocycles. The lowest BCUT2D eigenvalue weighted by molar-refractivity contribution is -0.0294. The second kappa shape index (κ2) is 16.8. The Morgan fingerprint density at radius 3 is 1.60 bits per heavy atom. The Balaban J connectivity index is 0.000000343. The largest absolute Gasteiger partial charge is 0.519 e. The number of amides is 1. The van der Waals surface area contributed by atoms with Gasteiger partial charge in [0.25, 0.3) is 0 Å². The molecule has 252 valence electrons. The molecule has 0 bridgehead atoms. The molecule has 2 aromatic rings. The van der Waals surface area contributed by atoms with Crippen LogP contribution < -0.4 is 11.1 Å². The standard InChI is InChI=1S/C14H18BrNO2.C10H18O5.C9H10BrN.CH4/c1-14(2,3)18-13(17)16-12-7-4-9-8-10(15)5-6-11(9)12;1-9(2,3)14-7(11)13-8(12)15-10(4,5)6;10-7-2-3-8-6(5-7)1-4-9(8)11;/h5-6,8,12H,4,7H2,1-3H3,(H,16,17);1-6H3;2-3,5,9H,1,4,11H2;1H4/t12-;;9-;/m1.1./s1. The molecule has 0 spiro atoms. The molecule has 45 heavy (non-hydrogen) atoms. The van der Waals surface area contributed by atoms with Crippen molar-refractivity contribution in [3.8, 4) is 0 Å². The minimum atomic E-state index is -1.06. The van der Waals surface area contributed by atoms with E-state index < -0.39 is 29.1 Å². The molecule has 4 rings (SSSR count). The van der Waals surface area contributed by atoms with Crippen LogP contribution in [0.4, 0.5) is 14.4 Å². The molecule has 11 heteroatoms. The van der Waals surface area contributed by atoms with Gasteiger partial charge < -0.3 is 30.0 Å². The predicted octanol–water partition coefficient (Wildman–Crippen LogP) is 9.87. The number of rotatable bonds is 1. The summed E-state index contributed by atoms with van der Waals surface area (Å²) >= 11 is 6.91. The number of hydrogen-bond acceptors (Lipinski definition) is 8. The lowest BCUT2D eigenvalue weighted by Gasteiger charge is -2.22. The summed E-state index contributed by atoms with van der Waals surface area (Å²) in [6.45, 7) is 15.6. The Bertz CT molecular complexity index is 1290. The van der Waals surface area contributed by atoms with E-state index in [-0.39, 0.29) is 25.6 Å². The van der Waals surface area contributed by atoms with Gasteiger partial charge in [-0.3, -0.25) is 0 Å². The monoisotopic (exact) mass is 756 g/mol. The summed E-state index contributed by atoms with van der Waals surface area (Å²) in [5.74, 6) is 0. The second-order valence-electron chi connectivity index (χ2n) is 13.6. The van der Waals surface area contributed by atoms with E-state index in [1.165, 1.54) is 22.3 Å². The molecule has 0 fully saturated rings. The number of nitrogens with one attached hydrogen (secondary N) is 1. The van der Waals surface area contributed by atoms with Crippen LogP contribution in [0.2, 0.25) is 0 Å². The van der Waals surface area contributed by atoms with Crippen LogP contribution in [0.3, 0.4) is 0 Å². The highest BCUT2D eigenvalue weighted by Gasteiger charge is 2.27. The predicted molar refractivity (Wildman–Crippen MR) is 184 cm³/mol. The van der Waals surface area contributed by atoms with Crippen LogP contribution >= 0.6 is 31.9 Å². The van der Waals surface area contributed by atoms with Crippen molar-refractivity contribution in [3.63, 3.8) is 0 Å². The number of ether oxygens (including phenoxy) is 4. The Hall–Kier alpha value is -2.63. The summed E-state index contributed by atoms with van der Waals surface area (Å²) in [5, 5.41) is 2.93. The lowest BCUT2D eigenvalue weighted by Crippen LogP contribution is -2.34. The molecule has 1 amide bonds. The van der Waals surface area contributed by atoms with Crippen molar-refractivity contribution in [3.05, 3.63) is 67.6 Å². The van der Waals surface area contributed by atoms with E-state index in [1.807, 2.05) is 26.8 Å². The van der Waals surface area contributed by atoms with E-state index >= 15 is 0 Å². The molecule has 0 unspecified atom stereocenters. The summed E-state index contributed by atoms with van der Waals surface area (Å²) in [4.78, 5) is 33.8. The molecule has 0 radical (unpaired) electrons. The third-order valence-corrected chi connectivity index (χ3v) is 7.04. The SMILES string of the molecule is C.CC(C)(C)OC(=O)N[C@@H]1CCc2cc(Br)ccc21.CC(C)(C)OC(=O)OC(=O)OC(C)(C)C.N[C@@H]1CCc2cc(Br)ccc21. The highest BCUT2D eigenvalue weighted by Crippen LogP contribution is 2.33. The van der Waals surface area contributed by atoms with Crippen molar-refractivity contribution in [2.24, 2.45) is 5.73 Å². The van der Waals surface area contributed by atoms with Gasteiger partial charge in [0.2, 0.25) is 0 Å². The zero-order valence-corrected chi connectivity index (χ0v) is 30.3. The molecule has 0 aliphatic heterocycles. The van der Waals surface area contributed by atoms with Crippen molar-refractivity contribution < 1.29 is 33.3 Å². The van der Waals surface area contributed by atoms with Gasteiger partial charge in [0.05, 0.1) is 6.04 Å². The van der Waals surface area contributed by atoms with E-state index in [0.717, 1.165) is 34.6 Å². The minimum absolute atomic E-state index is 0. The molecule has 2 aliphatic carbocycles. The highest BCUT2D eigenvalue weighted by molar-refractivity contribution is 9.10. The number of alkyl carbamates (subject to hydrolysis) is 1. The second-order valence-corrected chi connectivity index (χ2v) is 15.4. The van der Waals surface area contributed by atoms with Crippen LogP contribution in [0.5, 0.6) is 0 Å². The summed E-state index contributed by atoms with van der Waals surface area (Å²) in [7, 11) is 0. The fourth-order valence-corrected chi connectivity index (χ4v) is 5.23. The van der Waals surface area contributed by atoms with Crippen LogP contribution in [0.1, 0.15) is 117 Å². The Labute approximate surface area is 285 Å². The van der Waals surface area contributed by atoms with Crippen LogP contribution in [0.25, 0.3) is 0 Å². The van der Waals surface area contributed by atoms with Crippen molar-refractivity contribution >= 4 is 50.3 Å². The van der Waals surface area contributed by atoms with Crippen molar-refractivity contribution in [2.75, 3.05) is 0 Å². The Morgan fingerprint density at radius 1 is 0.711 bits per heavy atom. The first kappa shape index (κ1) is 40.4. The number of halogens is 2. The summed E-state index contributed by atoms with van der Waals surface area (Å²) in [6.07, 6.45) is 1.71. The zero-order chi connectivity index (χ0) is 33.5. The highest BCUT2D eigenvalue weighted by atomic mass is 79.9. The van der Waals surface area contributed by atoms with Crippen LogP contribution in [-0.2, 0) is 31.8 Å². The van der Waals surface area contributed by atoms with E-state index in [4.69, 9.17) is 19.9 Å². The average molecular weight is 759 g/mol. The van der Waals surface area contributed by atoms with Gasteiger partial charge >= 0.3 is 18.4 Å². The summed E-state index contributed by atoms with van der Waals surface area (Å²) < 4.78 is 21.3. The molecular weight excluding hydrogens is 708 g/mol. The van der Waals surface area contributed by atoms with Crippen molar-refractivity contribution in [1.82, 2.24) is 5.32 Å². The van der Waals surface area contributed by atoms with Gasteiger partial charge in [-0.2, -0.15) is 0 Å². The Kier molecular flexibility index (Phi) is 15.1. The van der Waals surface area contributed by atoms with E-state index in [0.29, 0.717) is 0 Å². The number of fused-ring (bicyclic) bond motifs is 2. The number of carbonyl (C=O) groups is 3. The zero-order valence-electron chi connectivity index (χ0n) is 27.1. The smallest absolute Gasteiger partial charge is 0.444 e. The maximum absolute atomic E-state index is 11.7.